The van der Waals surface area contributed by atoms with Gasteiger partial charge in [0.15, 0.2) is 17.5 Å². The average Bonchev–Trinajstić information content (AvgIpc) is 3.12. The lowest BCUT2D eigenvalue weighted by atomic mass is 10.2. The van der Waals surface area contributed by atoms with E-state index in [-0.39, 0.29) is 13.2 Å². The van der Waals surface area contributed by atoms with Crippen molar-refractivity contribution in [2.75, 3.05) is 33.1 Å². The van der Waals surface area contributed by atoms with Gasteiger partial charge in [-0.15, -0.1) is 0 Å². The number of hydrogen-bond acceptors (Lipinski definition) is 5. The number of thioether (sulfide) groups is 1. The second kappa shape index (κ2) is 11.2. The first-order valence-corrected chi connectivity index (χ1v) is 10.5. The van der Waals surface area contributed by atoms with Gasteiger partial charge in [0.1, 0.15) is 6.61 Å². The maximum Gasteiger partial charge on any atom is 0.191 e. The van der Waals surface area contributed by atoms with Gasteiger partial charge in [-0.3, -0.25) is 0 Å². The highest BCUT2D eigenvalue weighted by molar-refractivity contribution is 7.99. The number of ether oxygens (including phenoxy) is 2. The molecule has 0 bridgehead atoms. The number of guanidine groups is 1. The maximum atomic E-state index is 8.89. The van der Waals surface area contributed by atoms with Crippen molar-refractivity contribution in [1.29, 1.82) is 0 Å². The van der Waals surface area contributed by atoms with E-state index in [1.165, 1.54) is 19.3 Å². The fraction of sp³-hybridized carbons (Fsp3) is 0.632. The molecule has 26 heavy (non-hydrogen) atoms. The molecule has 0 amide bonds. The predicted molar refractivity (Wildman–Crippen MR) is 108 cm³/mol. The van der Waals surface area contributed by atoms with Gasteiger partial charge in [-0.2, -0.15) is 11.8 Å². The van der Waals surface area contributed by atoms with Crippen LogP contribution in [-0.2, 0) is 6.54 Å². The minimum Gasteiger partial charge on any atom is -0.493 e. The highest BCUT2D eigenvalue weighted by Crippen LogP contribution is 2.29. The summed E-state index contributed by atoms with van der Waals surface area (Å²) in [7, 11) is 1.61. The number of methoxy groups -OCH3 is 1. The Morgan fingerprint density at radius 3 is 2.85 bits per heavy atom. The summed E-state index contributed by atoms with van der Waals surface area (Å²) in [5.41, 5.74) is 1.05. The number of benzene rings is 1. The van der Waals surface area contributed by atoms with E-state index in [1.807, 2.05) is 30.0 Å². The van der Waals surface area contributed by atoms with Gasteiger partial charge in [0.05, 0.1) is 20.3 Å². The SMILES string of the molecule is CCNC(=NCc1ccc(OCCO)c(OC)c1)NC1CCC(SC)C1. The molecule has 0 aliphatic heterocycles. The van der Waals surface area contributed by atoms with Crippen LogP contribution in [0.1, 0.15) is 31.7 Å². The number of aliphatic hydroxyl groups excluding tert-OH is 1. The minimum atomic E-state index is -0.0223. The zero-order valence-electron chi connectivity index (χ0n) is 16.0. The first-order chi connectivity index (χ1) is 12.7. The van der Waals surface area contributed by atoms with Crippen molar-refractivity contribution < 1.29 is 14.6 Å². The molecule has 1 aromatic carbocycles. The van der Waals surface area contributed by atoms with Crippen molar-refractivity contribution in [2.24, 2.45) is 4.99 Å². The van der Waals surface area contributed by atoms with Gasteiger partial charge in [0.25, 0.3) is 0 Å². The first kappa shape index (κ1) is 20.7. The summed E-state index contributed by atoms with van der Waals surface area (Å²) >= 11 is 1.96. The molecule has 0 heterocycles. The zero-order valence-corrected chi connectivity index (χ0v) is 16.8. The summed E-state index contributed by atoms with van der Waals surface area (Å²) < 4.78 is 10.8. The molecule has 2 atom stereocenters. The van der Waals surface area contributed by atoms with Crippen molar-refractivity contribution in [3.8, 4) is 11.5 Å². The number of aliphatic imine (C=N–C) groups is 1. The van der Waals surface area contributed by atoms with Crippen LogP contribution in [0.5, 0.6) is 11.5 Å². The average molecular weight is 382 g/mol. The monoisotopic (exact) mass is 381 g/mol. The number of aliphatic hydroxyl groups is 1. The van der Waals surface area contributed by atoms with Crippen molar-refractivity contribution in [2.45, 2.75) is 44.0 Å². The first-order valence-electron chi connectivity index (χ1n) is 9.18. The van der Waals surface area contributed by atoms with Gasteiger partial charge in [0.2, 0.25) is 0 Å². The molecule has 0 spiro atoms. The third kappa shape index (κ3) is 6.29. The fourth-order valence-corrected chi connectivity index (χ4v) is 3.85. The Balaban J connectivity index is 1.99. The van der Waals surface area contributed by atoms with Crippen LogP contribution < -0.4 is 20.1 Å². The third-order valence-corrected chi connectivity index (χ3v) is 5.49. The number of nitrogens with one attached hydrogen (secondary N) is 2. The Labute approximate surface area is 160 Å². The molecule has 7 heteroatoms. The molecule has 1 fully saturated rings. The molecule has 0 saturated heterocycles. The molecule has 2 unspecified atom stereocenters. The summed E-state index contributed by atoms with van der Waals surface area (Å²) in [6.07, 6.45) is 5.84. The Bertz CT molecular complexity index is 583. The van der Waals surface area contributed by atoms with Crippen molar-refractivity contribution in [3.05, 3.63) is 23.8 Å². The highest BCUT2D eigenvalue weighted by Gasteiger charge is 2.24. The third-order valence-electron chi connectivity index (χ3n) is 4.40. The number of rotatable bonds is 9. The van der Waals surface area contributed by atoms with Crippen molar-refractivity contribution in [1.82, 2.24) is 10.6 Å². The lowest BCUT2D eigenvalue weighted by Crippen LogP contribution is -2.42. The quantitative estimate of drug-likeness (QED) is 0.451. The second-order valence-electron chi connectivity index (χ2n) is 6.26. The zero-order chi connectivity index (χ0) is 18.8. The van der Waals surface area contributed by atoms with Crippen LogP contribution >= 0.6 is 11.8 Å². The molecular formula is C19H31N3O3S. The molecule has 6 nitrogen and oxygen atoms in total. The van der Waals surface area contributed by atoms with Gasteiger partial charge < -0.3 is 25.2 Å². The topological polar surface area (TPSA) is 75.1 Å². The summed E-state index contributed by atoms with van der Waals surface area (Å²) in [6.45, 7) is 3.70. The predicted octanol–water partition coefficient (Wildman–Crippen LogP) is 2.41. The Morgan fingerprint density at radius 1 is 1.35 bits per heavy atom. The Morgan fingerprint density at radius 2 is 2.19 bits per heavy atom. The molecule has 0 radical (unpaired) electrons. The summed E-state index contributed by atoms with van der Waals surface area (Å²) in [5, 5.41) is 16.5. The molecule has 1 aliphatic carbocycles. The molecule has 146 valence electrons. The van der Waals surface area contributed by atoms with Crippen LogP contribution in [0.4, 0.5) is 0 Å². The summed E-state index contributed by atoms with van der Waals surface area (Å²) in [4.78, 5) is 4.72. The van der Waals surface area contributed by atoms with Crippen LogP contribution in [-0.4, -0.2) is 55.5 Å². The minimum absolute atomic E-state index is 0.0223. The van der Waals surface area contributed by atoms with Crippen LogP contribution in [0.3, 0.4) is 0 Å². The standard InChI is InChI=1S/C19H31N3O3S/c1-4-20-19(22-15-6-7-16(12-15)26-3)21-13-14-5-8-17(25-10-9-23)18(11-14)24-2/h5,8,11,15-16,23H,4,6-7,9-10,12-13H2,1-3H3,(H2,20,21,22). The molecule has 1 saturated carbocycles. The second-order valence-corrected chi connectivity index (χ2v) is 7.40. The van der Waals surface area contributed by atoms with Gasteiger partial charge in [-0.25, -0.2) is 4.99 Å². The number of hydrogen-bond donors (Lipinski definition) is 3. The highest BCUT2D eigenvalue weighted by atomic mass is 32.2. The molecule has 3 N–H and O–H groups in total. The van der Waals surface area contributed by atoms with Crippen LogP contribution in [0.15, 0.2) is 23.2 Å². The Hall–Kier alpha value is -1.60. The smallest absolute Gasteiger partial charge is 0.191 e. The summed E-state index contributed by atoms with van der Waals surface area (Å²) in [5.74, 6) is 2.15. The van der Waals surface area contributed by atoms with E-state index in [0.717, 1.165) is 23.3 Å². The van der Waals surface area contributed by atoms with Crippen LogP contribution in [0.2, 0.25) is 0 Å². The normalized spacial score (nSPS) is 20.1. The lowest BCUT2D eigenvalue weighted by molar-refractivity contribution is 0.196. The van der Waals surface area contributed by atoms with Gasteiger partial charge >= 0.3 is 0 Å². The molecule has 2 rings (SSSR count). The van der Waals surface area contributed by atoms with E-state index in [1.54, 1.807) is 7.11 Å². The van der Waals surface area contributed by atoms with E-state index >= 15 is 0 Å². The molecular weight excluding hydrogens is 350 g/mol. The van der Waals surface area contributed by atoms with E-state index < -0.39 is 0 Å². The lowest BCUT2D eigenvalue weighted by Gasteiger charge is -2.17. The van der Waals surface area contributed by atoms with Gasteiger partial charge in [-0.05, 0) is 50.1 Å². The van der Waals surface area contributed by atoms with Crippen LogP contribution in [0.25, 0.3) is 0 Å². The van der Waals surface area contributed by atoms with E-state index in [0.29, 0.717) is 24.1 Å². The summed E-state index contributed by atoms with van der Waals surface area (Å²) in [6, 6.07) is 6.26. The molecule has 1 aliphatic rings. The maximum absolute atomic E-state index is 8.89. The van der Waals surface area contributed by atoms with Crippen LogP contribution in [0, 0.1) is 0 Å². The van der Waals surface area contributed by atoms with E-state index in [2.05, 4.69) is 23.8 Å². The van der Waals surface area contributed by atoms with Gasteiger partial charge in [-0.1, -0.05) is 6.07 Å². The van der Waals surface area contributed by atoms with Crippen molar-refractivity contribution >= 4 is 17.7 Å². The molecule has 0 aromatic heterocycles. The number of nitrogens with zero attached hydrogens (tertiary/aromatic N) is 1. The molecule has 1 aromatic rings. The van der Waals surface area contributed by atoms with Gasteiger partial charge in [0, 0.05) is 17.8 Å². The van der Waals surface area contributed by atoms with E-state index in [4.69, 9.17) is 19.6 Å². The van der Waals surface area contributed by atoms with E-state index in [9.17, 15) is 0 Å². The Kier molecular flexibility index (Phi) is 8.91. The largest absolute Gasteiger partial charge is 0.493 e. The van der Waals surface area contributed by atoms with Crippen molar-refractivity contribution in [3.63, 3.8) is 0 Å². The fourth-order valence-electron chi connectivity index (χ4n) is 3.05.